The van der Waals surface area contributed by atoms with Gasteiger partial charge in [0.25, 0.3) is 10.0 Å². The van der Waals surface area contributed by atoms with Gasteiger partial charge in [0.15, 0.2) is 0 Å². The molecule has 182 valence electrons. The molecule has 5 rings (SSSR count). The minimum absolute atomic E-state index is 0.0117. The highest BCUT2D eigenvalue weighted by Gasteiger charge is 2.55. The standard InChI is InChI=1S/C28H30ClN3O2S/c1-20-12-18-25(19-13-20)35(33,34)31-30-26(21-14-16-23(29)17-15-21)28-27(22-8-4-2-5-9-22)32(28)24-10-6-3-7-11-24/h2,4-5,8-9,12-19,24,27-28,31H,3,6-7,10-11H2,1H3/b30-26+/t27-,28+,32?/m0/s1. The number of nitrogens with one attached hydrogen (secondary N) is 1. The highest BCUT2D eigenvalue weighted by atomic mass is 35.5. The van der Waals surface area contributed by atoms with Crippen LogP contribution in [0.15, 0.2) is 88.9 Å². The lowest BCUT2D eigenvalue weighted by molar-refractivity contribution is 0.277. The average Bonchev–Trinajstić information content (AvgIpc) is 3.62. The van der Waals surface area contributed by atoms with Crippen molar-refractivity contribution in [2.75, 3.05) is 0 Å². The number of rotatable bonds is 7. The smallest absolute Gasteiger partial charge is 0.276 e. The first kappa shape index (κ1) is 24.0. The topological polar surface area (TPSA) is 61.5 Å². The molecule has 35 heavy (non-hydrogen) atoms. The summed E-state index contributed by atoms with van der Waals surface area (Å²) in [7, 11) is -3.80. The predicted molar refractivity (Wildman–Crippen MR) is 141 cm³/mol. The molecule has 0 spiro atoms. The van der Waals surface area contributed by atoms with Crippen LogP contribution in [0.5, 0.6) is 0 Å². The number of hydrogen-bond acceptors (Lipinski definition) is 4. The molecular weight excluding hydrogens is 478 g/mol. The summed E-state index contributed by atoms with van der Waals surface area (Å²) in [5, 5.41) is 5.20. The molecule has 1 saturated carbocycles. The lowest BCUT2D eigenvalue weighted by Crippen LogP contribution is -2.28. The van der Waals surface area contributed by atoms with Crippen molar-refractivity contribution < 1.29 is 8.42 Å². The van der Waals surface area contributed by atoms with Crippen LogP contribution in [-0.2, 0) is 10.0 Å². The second-order valence-electron chi connectivity index (χ2n) is 9.45. The van der Waals surface area contributed by atoms with Gasteiger partial charge in [0, 0.05) is 11.1 Å². The first-order valence-electron chi connectivity index (χ1n) is 12.2. The predicted octanol–water partition coefficient (Wildman–Crippen LogP) is 6.09. The Labute approximate surface area is 212 Å². The maximum Gasteiger partial charge on any atom is 0.276 e. The molecule has 0 bridgehead atoms. The van der Waals surface area contributed by atoms with Gasteiger partial charge in [-0.3, -0.25) is 4.90 Å². The Balaban J connectivity index is 1.52. The Morgan fingerprint density at radius 1 is 0.914 bits per heavy atom. The van der Waals surface area contributed by atoms with E-state index < -0.39 is 10.0 Å². The van der Waals surface area contributed by atoms with E-state index in [-0.39, 0.29) is 17.0 Å². The average molecular weight is 508 g/mol. The van der Waals surface area contributed by atoms with Crippen LogP contribution < -0.4 is 4.83 Å². The number of hydrogen-bond donors (Lipinski definition) is 1. The molecule has 1 N–H and O–H groups in total. The van der Waals surface area contributed by atoms with Crippen molar-refractivity contribution in [3.8, 4) is 0 Å². The number of benzene rings is 3. The van der Waals surface area contributed by atoms with Crippen LogP contribution in [0.1, 0.15) is 54.8 Å². The number of aryl methyl sites for hydroxylation is 1. The van der Waals surface area contributed by atoms with E-state index >= 15 is 0 Å². The third-order valence-corrected chi connectivity index (χ3v) is 8.50. The van der Waals surface area contributed by atoms with Gasteiger partial charge < -0.3 is 0 Å². The van der Waals surface area contributed by atoms with Crippen molar-refractivity contribution in [2.24, 2.45) is 5.10 Å². The van der Waals surface area contributed by atoms with Crippen molar-refractivity contribution in [1.29, 1.82) is 0 Å². The molecule has 1 aliphatic carbocycles. The van der Waals surface area contributed by atoms with Crippen molar-refractivity contribution in [2.45, 2.75) is 62.0 Å². The number of sulfonamides is 1. The van der Waals surface area contributed by atoms with E-state index in [0.717, 1.165) is 29.7 Å². The fraction of sp³-hybridized carbons (Fsp3) is 0.321. The number of nitrogens with zero attached hydrogens (tertiary/aromatic N) is 2. The van der Waals surface area contributed by atoms with Crippen molar-refractivity contribution in [1.82, 2.24) is 9.73 Å². The number of hydrazone groups is 1. The fourth-order valence-corrected chi connectivity index (χ4v) is 6.12. The summed E-state index contributed by atoms with van der Waals surface area (Å²) in [5.74, 6) is 0. The quantitative estimate of drug-likeness (QED) is 0.239. The van der Waals surface area contributed by atoms with Crippen LogP contribution in [0.25, 0.3) is 0 Å². The molecule has 1 aliphatic heterocycles. The maximum atomic E-state index is 13.1. The van der Waals surface area contributed by atoms with E-state index in [2.05, 4.69) is 39.1 Å². The van der Waals surface area contributed by atoms with Gasteiger partial charge in [-0.2, -0.15) is 18.4 Å². The molecule has 0 aromatic heterocycles. The fourth-order valence-electron chi connectivity index (χ4n) is 5.18. The van der Waals surface area contributed by atoms with Gasteiger partial charge in [-0.1, -0.05) is 91.0 Å². The van der Waals surface area contributed by atoms with Gasteiger partial charge >= 0.3 is 0 Å². The molecule has 3 aromatic rings. The van der Waals surface area contributed by atoms with Gasteiger partial charge in [-0.25, -0.2) is 0 Å². The highest BCUT2D eigenvalue weighted by molar-refractivity contribution is 7.89. The first-order chi connectivity index (χ1) is 16.9. The Hall–Kier alpha value is -2.67. The second-order valence-corrected chi connectivity index (χ2v) is 11.5. The molecule has 1 saturated heterocycles. The molecule has 0 amide bonds. The number of halogens is 1. The van der Waals surface area contributed by atoms with E-state index in [1.807, 2.05) is 37.3 Å². The van der Waals surface area contributed by atoms with Crippen molar-refractivity contribution in [3.05, 3.63) is 101 Å². The molecule has 3 atom stereocenters. The Morgan fingerprint density at radius 3 is 2.23 bits per heavy atom. The van der Waals surface area contributed by atoms with Gasteiger partial charge in [0.2, 0.25) is 0 Å². The monoisotopic (exact) mass is 507 g/mol. The molecule has 1 heterocycles. The zero-order valence-corrected chi connectivity index (χ0v) is 21.3. The molecule has 2 fully saturated rings. The van der Waals surface area contributed by atoms with Crippen LogP contribution >= 0.6 is 11.6 Å². The Bertz CT molecular complexity index is 1290. The zero-order valence-electron chi connectivity index (χ0n) is 19.8. The SMILES string of the molecule is Cc1ccc(S(=O)(=O)N/N=C(\c2ccc(Cl)cc2)[C@@H]2[C@H](c3ccccc3)N2C2CCCCC2)cc1. The largest absolute Gasteiger partial charge is 0.281 e. The second kappa shape index (κ2) is 10.1. The summed E-state index contributed by atoms with van der Waals surface area (Å²) in [5.41, 5.74) is 3.81. The third kappa shape index (κ3) is 5.30. The first-order valence-corrected chi connectivity index (χ1v) is 14.0. The molecule has 5 nitrogen and oxygen atoms in total. The summed E-state index contributed by atoms with van der Waals surface area (Å²) in [4.78, 5) is 5.24. The molecule has 3 aromatic carbocycles. The summed E-state index contributed by atoms with van der Waals surface area (Å²) >= 11 is 6.17. The van der Waals surface area contributed by atoms with Crippen LogP contribution in [0.4, 0.5) is 0 Å². The van der Waals surface area contributed by atoms with E-state index in [0.29, 0.717) is 11.1 Å². The summed E-state index contributed by atoms with van der Waals surface area (Å²) in [6, 6.07) is 25.3. The van der Waals surface area contributed by atoms with E-state index in [1.165, 1.54) is 24.8 Å². The van der Waals surface area contributed by atoms with Crippen molar-refractivity contribution >= 4 is 27.3 Å². The van der Waals surface area contributed by atoms with Crippen LogP contribution in [-0.4, -0.2) is 31.1 Å². The highest BCUT2D eigenvalue weighted by Crippen LogP contribution is 2.49. The van der Waals surface area contributed by atoms with Gasteiger partial charge in [-0.05, 0) is 55.2 Å². The van der Waals surface area contributed by atoms with Crippen LogP contribution in [0.2, 0.25) is 5.02 Å². The van der Waals surface area contributed by atoms with Gasteiger partial charge in [0.1, 0.15) is 0 Å². The summed E-state index contributed by atoms with van der Waals surface area (Å²) in [6.07, 6.45) is 6.04. The van der Waals surface area contributed by atoms with E-state index in [9.17, 15) is 8.42 Å². The lowest BCUT2D eigenvalue weighted by Gasteiger charge is -2.24. The Kier molecular flexibility index (Phi) is 6.96. The third-order valence-electron chi connectivity index (χ3n) is 7.03. The van der Waals surface area contributed by atoms with Gasteiger partial charge in [-0.15, -0.1) is 0 Å². The lowest BCUT2D eigenvalue weighted by atomic mass is 9.95. The minimum atomic E-state index is -3.80. The Morgan fingerprint density at radius 2 is 1.57 bits per heavy atom. The molecule has 1 unspecified atom stereocenters. The maximum absolute atomic E-state index is 13.1. The van der Waals surface area contributed by atoms with E-state index in [1.54, 1.807) is 24.3 Å². The van der Waals surface area contributed by atoms with Crippen LogP contribution in [0.3, 0.4) is 0 Å². The summed E-state index contributed by atoms with van der Waals surface area (Å²) in [6.45, 7) is 1.93. The molecular formula is C28H30ClN3O2S. The van der Waals surface area contributed by atoms with Gasteiger partial charge in [0.05, 0.1) is 22.7 Å². The van der Waals surface area contributed by atoms with Crippen molar-refractivity contribution in [3.63, 3.8) is 0 Å². The molecule has 2 aliphatic rings. The summed E-state index contributed by atoms with van der Waals surface area (Å²) < 4.78 is 26.1. The van der Waals surface area contributed by atoms with E-state index in [4.69, 9.17) is 11.6 Å². The minimum Gasteiger partial charge on any atom is -0.281 e. The van der Waals surface area contributed by atoms with Crippen LogP contribution in [0, 0.1) is 6.92 Å². The zero-order chi connectivity index (χ0) is 24.4. The normalized spacial score (nSPS) is 23.1. The molecule has 0 radical (unpaired) electrons. The molecule has 7 heteroatoms.